The summed E-state index contributed by atoms with van der Waals surface area (Å²) in [5, 5.41) is 13.7. The van der Waals surface area contributed by atoms with Gasteiger partial charge in [0.2, 0.25) is 0 Å². The van der Waals surface area contributed by atoms with Gasteiger partial charge in [0.05, 0.1) is 5.69 Å². The molecule has 1 fully saturated rings. The maximum atomic E-state index is 9.42. The van der Waals surface area contributed by atoms with Crippen LogP contribution in [0.1, 0.15) is 18.4 Å². The number of hydrogen-bond acceptors (Lipinski definition) is 2. The molecule has 1 aromatic carbocycles. The largest absolute Gasteiger partial charge is 0.396 e. The molecule has 2 aromatic rings. The second-order valence-electron chi connectivity index (χ2n) is 4.91. The second-order valence-corrected chi connectivity index (χ2v) is 4.91. The lowest BCUT2D eigenvalue weighted by Gasteiger charge is -2.15. The van der Waals surface area contributed by atoms with E-state index < -0.39 is 0 Å². The number of benzene rings is 1. The predicted octanol–water partition coefficient (Wildman–Crippen LogP) is 2.19. The minimum atomic E-state index is 0.142. The fraction of sp³-hybridized carbons (Fsp3) is 0.357. The third-order valence-electron chi connectivity index (χ3n) is 3.60. The highest BCUT2D eigenvalue weighted by Crippen LogP contribution is 2.48. The smallest absolute Gasteiger partial charge is 0.0677 e. The number of hydrogen-bond donors (Lipinski definition) is 1. The summed E-state index contributed by atoms with van der Waals surface area (Å²) in [5.41, 5.74) is 2.53. The van der Waals surface area contributed by atoms with Crippen LogP contribution in [0.15, 0.2) is 42.7 Å². The summed E-state index contributed by atoms with van der Waals surface area (Å²) < 4.78 is 1.89. The van der Waals surface area contributed by atoms with Crippen LogP contribution in [0.4, 0.5) is 0 Å². The van der Waals surface area contributed by atoms with Crippen molar-refractivity contribution in [3.63, 3.8) is 0 Å². The van der Waals surface area contributed by atoms with Crippen molar-refractivity contribution < 1.29 is 5.11 Å². The highest BCUT2D eigenvalue weighted by Gasteiger charge is 2.42. The molecule has 0 unspecified atom stereocenters. The first-order chi connectivity index (χ1) is 8.33. The minimum Gasteiger partial charge on any atom is -0.396 e. The number of nitrogens with zero attached hydrogens (tertiary/aromatic N) is 2. The lowest BCUT2D eigenvalue weighted by Crippen LogP contribution is -2.12. The maximum Gasteiger partial charge on any atom is 0.0677 e. The number of aromatic nitrogens is 2. The lowest BCUT2D eigenvalue weighted by atomic mass is 9.96. The van der Waals surface area contributed by atoms with Crippen LogP contribution in [0.3, 0.4) is 0 Å². The molecule has 0 spiro atoms. The van der Waals surface area contributed by atoms with E-state index in [9.17, 15) is 5.11 Å². The van der Waals surface area contributed by atoms with Gasteiger partial charge in [-0.05, 0) is 42.4 Å². The van der Waals surface area contributed by atoms with E-state index in [0.717, 1.165) is 24.9 Å². The summed E-state index contributed by atoms with van der Waals surface area (Å²) >= 11 is 0. The van der Waals surface area contributed by atoms with E-state index in [1.807, 2.05) is 23.0 Å². The first-order valence-corrected chi connectivity index (χ1v) is 6.02. The minimum absolute atomic E-state index is 0.142. The molecule has 1 saturated carbocycles. The van der Waals surface area contributed by atoms with Crippen molar-refractivity contribution in [3.05, 3.63) is 48.3 Å². The van der Waals surface area contributed by atoms with Crippen LogP contribution in [-0.4, -0.2) is 21.5 Å². The summed E-state index contributed by atoms with van der Waals surface area (Å²) in [6, 6.07) is 10.2. The summed E-state index contributed by atoms with van der Waals surface area (Å²) in [5.74, 6) is 0. The molecule has 0 saturated heterocycles. The Balaban J connectivity index is 1.94. The Morgan fingerprint density at radius 2 is 2.06 bits per heavy atom. The van der Waals surface area contributed by atoms with Crippen LogP contribution in [0.2, 0.25) is 0 Å². The van der Waals surface area contributed by atoms with Crippen molar-refractivity contribution in [2.45, 2.75) is 19.3 Å². The molecule has 1 N–H and O–H groups in total. The van der Waals surface area contributed by atoms with Gasteiger partial charge in [-0.25, -0.2) is 4.68 Å². The average Bonchev–Trinajstić information content (AvgIpc) is 2.92. The average molecular weight is 228 g/mol. The number of aliphatic hydroxyl groups is 1. The first kappa shape index (κ1) is 10.5. The van der Waals surface area contributed by atoms with Crippen molar-refractivity contribution >= 4 is 0 Å². The van der Waals surface area contributed by atoms with Crippen LogP contribution < -0.4 is 0 Å². The van der Waals surface area contributed by atoms with Crippen molar-refractivity contribution in [1.82, 2.24) is 9.78 Å². The van der Waals surface area contributed by atoms with Crippen LogP contribution in [0, 0.1) is 5.41 Å². The number of rotatable bonds is 4. The molecule has 0 bridgehead atoms. The molecule has 0 aliphatic heterocycles. The van der Waals surface area contributed by atoms with Gasteiger partial charge in [-0.15, -0.1) is 0 Å². The van der Waals surface area contributed by atoms with Gasteiger partial charge in [-0.2, -0.15) is 5.10 Å². The fourth-order valence-corrected chi connectivity index (χ4v) is 2.27. The van der Waals surface area contributed by atoms with Crippen LogP contribution >= 0.6 is 0 Å². The molecule has 3 nitrogen and oxygen atoms in total. The topological polar surface area (TPSA) is 38.0 Å². The SMILES string of the molecule is OCC1(Cc2ccccc2-n2cccn2)CC1. The van der Waals surface area contributed by atoms with Gasteiger partial charge in [-0.1, -0.05) is 18.2 Å². The normalized spacial score (nSPS) is 17.0. The molecule has 3 rings (SSSR count). The summed E-state index contributed by atoms with van der Waals surface area (Å²) in [6.07, 6.45) is 6.96. The monoisotopic (exact) mass is 228 g/mol. The predicted molar refractivity (Wildman–Crippen MR) is 66.0 cm³/mol. The van der Waals surface area contributed by atoms with Crippen molar-refractivity contribution in [2.24, 2.45) is 5.41 Å². The van der Waals surface area contributed by atoms with E-state index in [-0.39, 0.29) is 5.41 Å². The molecule has 1 aliphatic rings. The molecule has 1 aromatic heterocycles. The summed E-state index contributed by atoms with van der Waals surface area (Å²) in [6.45, 7) is 0.292. The Morgan fingerprint density at radius 3 is 2.71 bits per heavy atom. The molecule has 17 heavy (non-hydrogen) atoms. The third-order valence-corrected chi connectivity index (χ3v) is 3.60. The molecule has 1 aliphatic carbocycles. The van der Waals surface area contributed by atoms with Gasteiger partial charge in [0, 0.05) is 19.0 Å². The standard InChI is InChI=1S/C14H16N2O/c17-11-14(6-7-14)10-12-4-1-2-5-13(12)16-9-3-8-15-16/h1-5,8-9,17H,6-7,10-11H2. The van der Waals surface area contributed by atoms with E-state index >= 15 is 0 Å². The third kappa shape index (κ3) is 1.98. The Morgan fingerprint density at radius 1 is 1.24 bits per heavy atom. The van der Waals surface area contributed by atoms with Gasteiger partial charge >= 0.3 is 0 Å². The molecule has 0 atom stereocenters. The zero-order valence-electron chi connectivity index (χ0n) is 9.71. The molecule has 0 radical (unpaired) electrons. The Hall–Kier alpha value is -1.61. The van der Waals surface area contributed by atoms with E-state index in [1.165, 1.54) is 5.56 Å². The molecule has 1 heterocycles. The van der Waals surface area contributed by atoms with Crippen molar-refractivity contribution in [1.29, 1.82) is 0 Å². The Labute approximate surface area is 101 Å². The number of aliphatic hydroxyl groups excluding tert-OH is 1. The second kappa shape index (κ2) is 4.00. The Kier molecular flexibility index (Phi) is 2.48. The molecular formula is C14H16N2O. The first-order valence-electron chi connectivity index (χ1n) is 6.02. The van der Waals surface area contributed by atoms with Crippen molar-refractivity contribution in [3.8, 4) is 5.69 Å². The van der Waals surface area contributed by atoms with E-state index in [0.29, 0.717) is 6.61 Å². The van der Waals surface area contributed by atoms with Gasteiger partial charge in [0.15, 0.2) is 0 Å². The molecule has 3 heteroatoms. The lowest BCUT2D eigenvalue weighted by molar-refractivity contribution is 0.211. The van der Waals surface area contributed by atoms with Crippen LogP contribution in [-0.2, 0) is 6.42 Å². The highest BCUT2D eigenvalue weighted by atomic mass is 16.3. The van der Waals surface area contributed by atoms with Crippen LogP contribution in [0.5, 0.6) is 0 Å². The summed E-state index contributed by atoms with van der Waals surface area (Å²) in [7, 11) is 0. The van der Waals surface area contributed by atoms with Crippen LogP contribution in [0.25, 0.3) is 5.69 Å². The fourth-order valence-electron chi connectivity index (χ4n) is 2.27. The quantitative estimate of drug-likeness (QED) is 0.871. The molecule has 88 valence electrons. The van der Waals surface area contributed by atoms with Gasteiger partial charge in [0.25, 0.3) is 0 Å². The van der Waals surface area contributed by atoms with E-state index in [1.54, 1.807) is 6.20 Å². The number of para-hydroxylation sites is 1. The molecule has 0 amide bonds. The molecular weight excluding hydrogens is 212 g/mol. The maximum absolute atomic E-state index is 9.42. The van der Waals surface area contributed by atoms with E-state index in [4.69, 9.17) is 0 Å². The van der Waals surface area contributed by atoms with E-state index in [2.05, 4.69) is 23.3 Å². The highest BCUT2D eigenvalue weighted by molar-refractivity contribution is 5.41. The zero-order valence-corrected chi connectivity index (χ0v) is 9.71. The van der Waals surface area contributed by atoms with Gasteiger partial charge < -0.3 is 5.11 Å². The summed E-state index contributed by atoms with van der Waals surface area (Å²) in [4.78, 5) is 0. The Bertz CT molecular complexity index is 501. The van der Waals surface area contributed by atoms with Gasteiger partial charge in [0.1, 0.15) is 0 Å². The zero-order chi connectivity index (χ0) is 11.7. The van der Waals surface area contributed by atoms with Crippen molar-refractivity contribution in [2.75, 3.05) is 6.61 Å². The van der Waals surface area contributed by atoms with Gasteiger partial charge in [-0.3, -0.25) is 0 Å².